The first-order valence-corrected chi connectivity index (χ1v) is 10.3. The minimum Gasteiger partial charge on any atom is -0.494 e. The summed E-state index contributed by atoms with van der Waals surface area (Å²) in [6.07, 6.45) is 1.33. The maximum atomic E-state index is 13.3. The summed E-state index contributed by atoms with van der Waals surface area (Å²) in [4.78, 5) is 17.7. The molecule has 1 aromatic heterocycles. The topological polar surface area (TPSA) is 59.5 Å². The highest BCUT2D eigenvalue weighted by molar-refractivity contribution is 7.71. The molecule has 1 heterocycles. The second kappa shape index (κ2) is 8.89. The lowest BCUT2D eigenvalue weighted by Crippen LogP contribution is -2.27. The van der Waals surface area contributed by atoms with Crippen molar-refractivity contribution in [3.63, 3.8) is 0 Å². The van der Waals surface area contributed by atoms with E-state index >= 15 is 0 Å². The maximum Gasteiger partial charge on any atom is 0.271 e. The summed E-state index contributed by atoms with van der Waals surface area (Å²) in [7, 11) is 0. The number of aromatic hydroxyl groups is 1. The molecule has 0 amide bonds. The standard InChI is InChI=1S/C23H15Cl2N3O2S/c24-15-6-10-18(11-7-15)27-21(29)20(14-26-17-4-2-1-3-5-17)22(30)28(23(27)31)19-12-8-16(25)9-13-19/h1-14,29H. The van der Waals surface area contributed by atoms with Crippen molar-refractivity contribution in [2.24, 2.45) is 4.99 Å². The van der Waals surface area contributed by atoms with Crippen LogP contribution in [0.3, 0.4) is 0 Å². The lowest BCUT2D eigenvalue weighted by molar-refractivity contribution is 0.430. The Bertz CT molecular complexity index is 1380. The van der Waals surface area contributed by atoms with Crippen molar-refractivity contribution in [3.05, 3.63) is 110 Å². The smallest absolute Gasteiger partial charge is 0.271 e. The van der Waals surface area contributed by atoms with Gasteiger partial charge in [0.1, 0.15) is 5.56 Å². The van der Waals surface area contributed by atoms with E-state index in [1.54, 1.807) is 60.7 Å². The summed E-state index contributed by atoms with van der Waals surface area (Å²) in [6.45, 7) is 0. The minimum atomic E-state index is -0.505. The van der Waals surface area contributed by atoms with Crippen LogP contribution in [0.2, 0.25) is 10.0 Å². The summed E-state index contributed by atoms with van der Waals surface area (Å²) >= 11 is 17.6. The molecule has 0 radical (unpaired) electrons. The molecule has 5 nitrogen and oxygen atoms in total. The lowest BCUT2D eigenvalue weighted by atomic mass is 10.2. The quantitative estimate of drug-likeness (QED) is 0.290. The van der Waals surface area contributed by atoms with Gasteiger partial charge < -0.3 is 5.11 Å². The summed E-state index contributed by atoms with van der Waals surface area (Å²) < 4.78 is 2.81. The first-order chi connectivity index (χ1) is 15.0. The molecule has 8 heteroatoms. The fraction of sp³-hybridized carbons (Fsp3) is 0. The summed E-state index contributed by atoms with van der Waals surface area (Å²) in [5.41, 5.74) is 1.18. The van der Waals surface area contributed by atoms with Crippen LogP contribution in [0.4, 0.5) is 5.69 Å². The van der Waals surface area contributed by atoms with Crippen molar-refractivity contribution < 1.29 is 5.11 Å². The monoisotopic (exact) mass is 467 g/mol. The molecule has 0 aliphatic heterocycles. The van der Waals surface area contributed by atoms with Crippen LogP contribution in [-0.4, -0.2) is 20.5 Å². The Morgan fingerprint density at radius 1 is 0.806 bits per heavy atom. The second-order valence-electron chi connectivity index (χ2n) is 6.54. The van der Waals surface area contributed by atoms with Crippen LogP contribution in [0.25, 0.3) is 11.4 Å². The molecule has 0 aliphatic carbocycles. The molecule has 0 spiro atoms. The van der Waals surface area contributed by atoms with E-state index in [4.69, 9.17) is 35.4 Å². The summed E-state index contributed by atoms with van der Waals surface area (Å²) in [5.74, 6) is -0.317. The third-order valence-electron chi connectivity index (χ3n) is 4.54. The van der Waals surface area contributed by atoms with Crippen LogP contribution in [0.1, 0.15) is 5.56 Å². The SMILES string of the molecule is O=c1c(C=Nc2ccccc2)c(O)n(-c2ccc(Cl)cc2)c(=S)n1-c1ccc(Cl)cc1. The second-order valence-corrected chi connectivity index (χ2v) is 7.78. The molecule has 4 aromatic rings. The zero-order valence-corrected chi connectivity index (χ0v) is 18.3. The first kappa shape index (κ1) is 21.1. The van der Waals surface area contributed by atoms with E-state index in [0.717, 1.165) is 0 Å². The number of rotatable bonds is 4. The largest absolute Gasteiger partial charge is 0.494 e. The Kier molecular flexibility index (Phi) is 6.04. The van der Waals surface area contributed by atoms with Gasteiger partial charge in [0.2, 0.25) is 5.88 Å². The van der Waals surface area contributed by atoms with Gasteiger partial charge in [-0.3, -0.25) is 18.9 Å². The zero-order chi connectivity index (χ0) is 22.0. The molecule has 0 saturated carbocycles. The predicted molar refractivity (Wildman–Crippen MR) is 128 cm³/mol. The molecule has 154 valence electrons. The fourth-order valence-electron chi connectivity index (χ4n) is 3.02. The van der Waals surface area contributed by atoms with Crippen molar-refractivity contribution in [2.45, 2.75) is 0 Å². The molecule has 31 heavy (non-hydrogen) atoms. The number of hydrogen-bond donors (Lipinski definition) is 1. The van der Waals surface area contributed by atoms with Crippen LogP contribution >= 0.6 is 35.4 Å². The Morgan fingerprint density at radius 2 is 1.32 bits per heavy atom. The van der Waals surface area contributed by atoms with E-state index in [-0.39, 0.29) is 16.2 Å². The van der Waals surface area contributed by atoms with Crippen molar-refractivity contribution in [2.75, 3.05) is 0 Å². The third-order valence-corrected chi connectivity index (χ3v) is 5.41. The molecule has 4 rings (SSSR count). The highest BCUT2D eigenvalue weighted by atomic mass is 35.5. The Hall–Kier alpha value is -3.19. The summed E-state index contributed by atoms with van der Waals surface area (Å²) in [5, 5.41) is 12.1. The van der Waals surface area contributed by atoms with Crippen LogP contribution in [-0.2, 0) is 0 Å². The van der Waals surface area contributed by atoms with Crippen molar-refractivity contribution in [3.8, 4) is 17.3 Å². The van der Waals surface area contributed by atoms with E-state index in [1.807, 2.05) is 18.2 Å². The molecule has 0 saturated heterocycles. The predicted octanol–water partition coefficient (Wildman–Crippen LogP) is 6.12. The van der Waals surface area contributed by atoms with Gasteiger partial charge in [-0.15, -0.1) is 0 Å². The Labute approximate surface area is 193 Å². The average Bonchev–Trinajstić information content (AvgIpc) is 2.77. The van der Waals surface area contributed by atoms with E-state index in [9.17, 15) is 9.90 Å². The van der Waals surface area contributed by atoms with Crippen molar-refractivity contribution in [1.82, 2.24) is 9.13 Å². The molecular formula is C23H15Cl2N3O2S. The number of benzene rings is 3. The number of aromatic nitrogens is 2. The van der Waals surface area contributed by atoms with Gasteiger partial charge in [-0.05, 0) is 72.9 Å². The molecule has 0 atom stereocenters. The molecule has 0 fully saturated rings. The van der Waals surface area contributed by atoms with Gasteiger partial charge in [0, 0.05) is 16.3 Å². The molecule has 3 aromatic carbocycles. The minimum absolute atomic E-state index is 0.0117. The molecule has 0 aliphatic rings. The van der Waals surface area contributed by atoms with Crippen molar-refractivity contribution in [1.29, 1.82) is 0 Å². The van der Waals surface area contributed by atoms with E-state index in [0.29, 0.717) is 27.1 Å². The number of aliphatic imine (C=N–C) groups is 1. The molecular weight excluding hydrogens is 453 g/mol. The van der Waals surface area contributed by atoms with Gasteiger partial charge in [0.05, 0.1) is 17.1 Å². The van der Waals surface area contributed by atoms with E-state index in [2.05, 4.69) is 4.99 Å². The zero-order valence-electron chi connectivity index (χ0n) is 15.9. The number of para-hydroxylation sites is 1. The number of nitrogens with zero attached hydrogens (tertiary/aromatic N) is 3. The Balaban J connectivity index is 2.01. The van der Waals surface area contributed by atoms with Gasteiger partial charge in [-0.1, -0.05) is 41.4 Å². The van der Waals surface area contributed by atoms with Gasteiger partial charge in [0.15, 0.2) is 4.77 Å². The van der Waals surface area contributed by atoms with Crippen LogP contribution in [0.15, 0.2) is 88.6 Å². The highest BCUT2D eigenvalue weighted by Crippen LogP contribution is 2.24. The van der Waals surface area contributed by atoms with Gasteiger partial charge in [0.25, 0.3) is 5.56 Å². The van der Waals surface area contributed by atoms with Crippen LogP contribution in [0.5, 0.6) is 5.88 Å². The molecule has 0 bridgehead atoms. The number of hydrogen-bond acceptors (Lipinski definition) is 4. The van der Waals surface area contributed by atoms with Crippen LogP contribution in [0, 0.1) is 4.77 Å². The first-order valence-electron chi connectivity index (χ1n) is 9.18. The summed E-state index contributed by atoms with van der Waals surface area (Å²) in [6, 6.07) is 22.6. The average molecular weight is 468 g/mol. The fourth-order valence-corrected chi connectivity index (χ4v) is 3.65. The van der Waals surface area contributed by atoms with Gasteiger partial charge in [-0.25, -0.2) is 0 Å². The van der Waals surface area contributed by atoms with Gasteiger partial charge >= 0.3 is 0 Å². The molecule has 0 unspecified atom stereocenters. The molecule has 1 N–H and O–H groups in total. The Morgan fingerprint density at radius 3 is 1.87 bits per heavy atom. The lowest BCUT2D eigenvalue weighted by Gasteiger charge is -2.16. The van der Waals surface area contributed by atoms with E-state index in [1.165, 1.54) is 15.3 Å². The number of halogens is 2. The third kappa shape index (κ3) is 4.32. The normalized spacial score (nSPS) is 11.2. The maximum absolute atomic E-state index is 13.3. The van der Waals surface area contributed by atoms with Gasteiger partial charge in [-0.2, -0.15) is 0 Å². The van der Waals surface area contributed by atoms with E-state index < -0.39 is 5.56 Å². The van der Waals surface area contributed by atoms with Crippen LogP contribution < -0.4 is 5.56 Å². The highest BCUT2D eigenvalue weighted by Gasteiger charge is 2.18. The van der Waals surface area contributed by atoms with Crippen molar-refractivity contribution >= 4 is 47.3 Å².